The highest BCUT2D eigenvalue weighted by Gasteiger charge is 2.12. The van der Waals surface area contributed by atoms with Crippen molar-refractivity contribution < 1.29 is 14.7 Å². The van der Waals surface area contributed by atoms with E-state index in [4.69, 9.17) is 4.52 Å². The molecule has 1 aromatic heterocycles. The summed E-state index contributed by atoms with van der Waals surface area (Å²) in [4.78, 5) is 4.27. The minimum Gasteiger partial charge on any atom is -0.504 e. The molecule has 6 heteroatoms. The molecular formula is C14H9BrN2O3. The van der Waals surface area contributed by atoms with Gasteiger partial charge >= 0.3 is 0 Å². The summed E-state index contributed by atoms with van der Waals surface area (Å²) in [5.41, 5.74) is 1.36. The van der Waals surface area contributed by atoms with Gasteiger partial charge in [-0.1, -0.05) is 21.1 Å². The van der Waals surface area contributed by atoms with Crippen LogP contribution in [0, 0.1) is 0 Å². The van der Waals surface area contributed by atoms with Gasteiger partial charge in [0.05, 0.1) is 0 Å². The van der Waals surface area contributed by atoms with Crippen LogP contribution in [0.4, 0.5) is 0 Å². The predicted molar refractivity (Wildman–Crippen MR) is 76.2 cm³/mol. The van der Waals surface area contributed by atoms with Gasteiger partial charge in [0.25, 0.3) is 5.89 Å². The third kappa shape index (κ3) is 2.37. The number of phenolic OH excluding ortho intramolecular Hbond substituents is 2. The largest absolute Gasteiger partial charge is 0.504 e. The molecule has 0 fully saturated rings. The summed E-state index contributed by atoms with van der Waals surface area (Å²) in [6.45, 7) is 0. The smallest absolute Gasteiger partial charge is 0.258 e. The van der Waals surface area contributed by atoms with Gasteiger partial charge < -0.3 is 14.7 Å². The summed E-state index contributed by atoms with van der Waals surface area (Å²) in [7, 11) is 0. The Hall–Kier alpha value is -2.34. The Morgan fingerprint density at radius 3 is 2.30 bits per heavy atom. The third-order valence-corrected chi connectivity index (χ3v) is 3.28. The number of aromatic nitrogens is 2. The van der Waals surface area contributed by atoms with Crippen molar-refractivity contribution in [1.29, 1.82) is 0 Å². The SMILES string of the molecule is Oc1ccc(-c2nc(-c3ccc(Br)cc3)no2)cc1O. The Labute approximate surface area is 122 Å². The molecule has 0 amide bonds. The van der Waals surface area contributed by atoms with E-state index in [-0.39, 0.29) is 17.4 Å². The second kappa shape index (κ2) is 4.97. The molecule has 1 heterocycles. The number of halogens is 1. The van der Waals surface area contributed by atoms with Crippen LogP contribution in [0.5, 0.6) is 11.5 Å². The lowest BCUT2D eigenvalue weighted by Gasteiger charge is -1.98. The van der Waals surface area contributed by atoms with Crippen LogP contribution in [0.15, 0.2) is 51.5 Å². The Balaban J connectivity index is 1.97. The van der Waals surface area contributed by atoms with Gasteiger partial charge in [-0.3, -0.25) is 0 Å². The van der Waals surface area contributed by atoms with Gasteiger partial charge in [0.2, 0.25) is 5.82 Å². The minimum absolute atomic E-state index is 0.193. The first kappa shape index (κ1) is 12.7. The lowest BCUT2D eigenvalue weighted by Crippen LogP contribution is -1.81. The fourth-order valence-corrected chi connectivity index (χ4v) is 1.98. The number of aromatic hydroxyl groups is 2. The normalized spacial score (nSPS) is 10.7. The average Bonchev–Trinajstić information content (AvgIpc) is 2.92. The highest BCUT2D eigenvalue weighted by atomic mass is 79.9. The molecular weight excluding hydrogens is 324 g/mol. The standard InChI is InChI=1S/C14H9BrN2O3/c15-10-4-1-8(2-5-10)13-16-14(20-17-13)9-3-6-11(18)12(19)7-9/h1-7,18-19H. The first-order valence-electron chi connectivity index (χ1n) is 5.75. The third-order valence-electron chi connectivity index (χ3n) is 2.75. The van der Waals surface area contributed by atoms with E-state index in [0.29, 0.717) is 11.4 Å². The zero-order valence-electron chi connectivity index (χ0n) is 10.1. The number of rotatable bonds is 2. The van der Waals surface area contributed by atoms with Gasteiger partial charge in [0.1, 0.15) is 0 Å². The van der Waals surface area contributed by atoms with Crippen molar-refractivity contribution >= 4 is 15.9 Å². The molecule has 100 valence electrons. The van der Waals surface area contributed by atoms with E-state index in [2.05, 4.69) is 26.1 Å². The van der Waals surface area contributed by atoms with Gasteiger partial charge in [-0.05, 0) is 42.5 Å². The summed E-state index contributed by atoms with van der Waals surface area (Å²) in [6.07, 6.45) is 0. The van der Waals surface area contributed by atoms with Crippen molar-refractivity contribution in [2.45, 2.75) is 0 Å². The second-order valence-corrected chi connectivity index (χ2v) is 5.05. The van der Waals surface area contributed by atoms with Crippen molar-refractivity contribution in [3.8, 4) is 34.3 Å². The van der Waals surface area contributed by atoms with Gasteiger partial charge in [0, 0.05) is 15.6 Å². The van der Waals surface area contributed by atoms with Crippen LogP contribution < -0.4 is 0 Å². The average molecular weight is 333 g/mol. The Bertz CT molecular complexity index is 753. The molecule has 0 radical (unpaired) electrons. The lowest BCUT2D eigenvalue weighted by molar-refractivity contribution is 0.402. The lowest BCUT2D eigenvalue weighted by atomic mass is 10.2. The van der Waals surface area contributed by atoms with E-state index in [1.165, 1.54) is 12.1 Å². The van der Waals surface area contributed by atoms with Gasteiger partial charge in [-0.15, -0.1) is 0 Å². The van der Waals surface area contributed by atoms with E-state index < -0.39 is 0 Å². The molecule has 0 bridgehead atoms. The van der Waals surface area contributed by atoms with Crippen molar-refractivity contribution in [3.63, 3.8) is 0 Å². The van der Waals surface area contributed by atoms with Crippen molar-refractivity contribution in [2.24, 2.45) is 0 Å². The van der Waals surface area contributed by atoms with Gasteiger partial charge in [-0.2, -0.15) is 4.98 Å². The molecule has 0 aliphatic carbocycles. The Morgan fingerprint density at radius 2 is 1.60 bits per heavy atom. The van der Waals surface area contributed by atoms with Crippen molar-refractivity contribution in [3.05, 3.63) is 46.9 Å². The number of nitrogens with zero attached hydrogens (tertiary/aromatic N) is 2. The van der Waals surface area contributed by atoms with Crippen LogP contribution in [0.1, 0.15) is 0 Å². The molecule has 5 nitrogen and oxygen atoms in total. The topological polar surface area (TPSA) is 79.4 Å². The van der Waals surface area contributed by atoms with E-state index in [1.54, 1.807) is 6.07 Å². The molecule has 0 saturated heterocycles. The molecule has 0 saturated carbocycles. The van der Waals surface area contributed by atoms with Crippen LogP contribution in [-0.4, -0.2) is 20.4 Å². The Morgan fingerprint density at radius 1 is 0.900 bits per heavy atom. The molecule has 0 atom stereocenters. The molecule has 0 unspecified atom stereocenters. The zero-order chi connectivity index (χ0) is 14.1. The first-order chi connectivity index (χ1) is 9.63. The summed E-state index contributed by atoms with van der Waals surface area (Å²) >= 11 is 3.36. The molecule has 0 aliphatic heterocycles. The fraction of sp³-hybridized carbons (Fsp3) is 0. The highest BCUT2D eigenvalue weighted by Crippen LogP contribution is 2.30. The van der Waals surface area contributed by atoms with E-state index in [0.717, 1.165) is 10.0 Å². The zero-order valence-corrected chi connectivity index (χ0v) is 11.7. The van der Waals surface area contributed by atoms with E-state index in [9.17, 15) is 10.2 Å². The molecule has 3 aromatic rings. The number of hydrogen-bond acceptors (Lipinski definition) is 5. The van der Waals surface area contributed by atoms with E-state index in [1.807, 2.05) is 24.3 Å². The maximum Gasteiger partial charge on any atom is 0.258 e. The second-order valence-electron chi connectivity index (χ2n) is 4.13. The minimum atomic E-state index is -0.231. The molecule has 0 spiro atoms. The number of phenols is 2. The monoisotopic (exact) mass is 332 g/mol. The maximum atomic E-state index is 9.47. The molecule has 2 N–H and O–H groups in total. The molecule has 2 aromatic carbocycles. The highest BCUT2D eigenvalue weighted by molar-refractivity contribution is 9.10. The first-order valence-corrected chi connectivity index (χ1v) is 6.55. The molecule has 0 aliphatic rings. The molecule has 20 heavy (non-hydrogen) atoms. The quantitative estimate of drug-likeness (QED) is 0.701. The van der Waals surface area contributed by atoms with E-state index >= 15 is 0 Å². The van der Waals surface area contributed by atoms with Crippen LogP contribution >= 0.6 is 15.9 Å². The van der Waals surface area contributed by atoms with Gasteiger partial charge in [-0.25, -0.2) is 0 Å². The molecule has 3 rings (SSSR count). The van der Waals surface area contributed by atoms with Crippen LogP contribution in [0.25, 0.3) is 22.8 Å². The summed E-state index contributed by atoms with van der Waals surface area (Å²) < 4.78 is 6.13. The maximum absolute atomic E-state index is 9.47. The number of hydrogen-bond donors (Lipinski definition) is 2. The summed E-state index contributed by atoms with van der Waals surface area (Å²) in [5, 5.41) is 22.6. The van der Waals surface area contributed by atoms with Crippen molar-refractivity contribution in [2.75, 3.05) is 0 Å². The van der Waals surface area contributed by atoms with Crippen molar-refractivity contribution in [1.82, 2.24) is 10.1 Å². The Kier molecular flexibility index (Phi) is 3.15. The van der Waals surface area contributed by atoms with Crippen LogP contribution in [0.2, 0.25) is 0 Å². The number of benzene rings is 2. The van der Waals surface area contributed by atoms with Gasteiger partial charge in [0.15, 0.2) is 11.5 Å². The summed E-state index contributed by atoms with van der Waals surface area (Å²) in [5.74, 6) is 0.311. The predicted octanol–water partition coefficient (Wildman–Crippen LogP) is 3.58. The van der Waals surface area contributed by atoms with Crippen LogP contribution in [0.3, 0.4) is 0 Å². The van der Waals surface area contributed by atoms with Crippen LogP contribution in [-0.2, 0) is 0 Å². The fourth-order valence-electron chi connectivity index (χ4n) is 1.71. The summed E-state index contributed by atoms with van der Waals surface area (Å²) in [6, 6.07) is 11.8.